The molecular formula is C17H18FN5O. The molecule has 0 unspecified atom stereocenters. The van der Waals surface area contributed by atoms with E-state index in [1.807, 2.05) is 18.4 Å². The van der Waals surface area contributed by atoms with E-state index >= 15 is 0 Å². The van der Waals surface area contributed by atoms with Crippen molar-refractivity contribution in [3.63, 3.8) is 0 Å². The molecule has 0 saturated carbocycles. The summed E-state index contributed by atoms with van der Waals surface area (Å²) in [5.74, 6) is 1.65. The Morgan fingerprint density at radius 3 is 2.62 bits per heavy atom. The van der Waals surface area contributed by atoms with Gasteiger partial charge in [0.2, 0.25) is 0 Å². The van der Waals surface area contributed by atoms with Crippen molar-refractivity contribution < 1.29 is 9.50 Å². The number of anilines is 1. The van der Waals surface area contributed by atoms with E-state index in [-0.39, 0.29) is 11.9 Å². The molecule has 0 aliphatic carbocycles. The fourth-order valence-electron chi connectivity index (χ4n) is 2.42. The van der Waals surface area contributed by atoms with Crippen LogP contribution in [0.1, 0.15) is 24.4 Å². The first kappa shape index (κ1) is 16.1. The lowest BCUT2D eigenvalue weighted by Crippen LogP contribution is -2.25. The summed E-state index contributed by atoms with van der Waals surface area (Å²) in [5, 5.41) is 13.5. The van der Waals surface area contributed by atoms with Crippen LogP contribution in [0.2, 0.25) is 0 Å². The largest absolute Gasteiger partial charge is 0.386 e. The van der Waals surface area contributed by atoms with Gasteiger partial charge in [0.05, 0.1) is 24.5 Å². The molecule has 0 bridgehead atoms. The number of benzene rings is 1. The van der Waals surface area contributed by atoms with E-state index in [0.29, 0.717) is 17.2 Å². The van der Waals surface area contributed by atoms with Gasteiger partial charge in [0.15, 0.2) is 5.82 Å². The van der Waals surface area contributed by atoms with Gasteiger partial charge in [-0.3, -0.25) is 9.55 Å². The van der Waals surface area contributed by atoms with Gasteiger partial charge in [-0.15, -0.1) is 0 Å². The van der Waals surface area contributed by atoms with Gasteiger partial charge in [-0.25, -0.2) is 14.4 Å². The van der Waals surface area contributed by atoms with Gasteiger partial charge in [0.1, 0.15) is 17.5 Å². The van der Waals surface area contributed by atoms with Gasteiger partial charge in [0.25, 0.3) is 0 Å². The maximum Gasteiger partial charge on any atom is 0.159 e. The van der Waals surface area contributed by atoms with Crippen LogP contribution in [0.5, 0.6) is 0 Å². The smallest absolute Gasteiger partial charge is 0.159 e. The molecule has 2 heterocycles. The van der Waals surface area contributed by atoms with Crippen molar-refractivity contribution in [2.45, 2.75) is 26.0 Å². The minimum Gasteiger partial charge on any atom is -0.386 e. The maximum atomic E-state index is 13.0. The Morgan fingerprint density at radius 1 is 1.21 bits per heavy atom. The molecule has 1 aromatic carbocycles. The molecule has 2 atom stereocenters. The minimum absolute atomic E-state index is 0.330. The third-order valence-corrected chi connectivity index (χ3v) is 3.76. The predicted molar refractivity (Wildman–Crippen MR) is 88.3 cm³/mol. The highest BCUT2D eigenvalue weighted by Crippen LogP contribution is 2.20. The number of hydrogen-bond donors (Lipinski definition) is 2. The summed E-state index contributed by atoms with van der Waals surface area (Å²) >= 11 is 0. The molecule has 3 rings (SSSR count). The second-order valence-corrected chi connectivity index (χ2v) is 5.54. The van der Waals surface area contributed by atoms with Crippen LogP contribution in [-0.4, -0.2) is 30.7 Å². The number of rotatable bonds is 5. The van der Waals surface area contributed by atoms with Crippen LogP contribution >= 0.6 is 0 Å². The summed E-state index contributed by atoms with van der Waals surface area (Å²) in [7, 11) is 0. The summed E-state index contributed by atoms with van der Waals surface area (Å²) < 4.78 is 14.8. The van der Waals surface area contributed by atoms with Crippen molar-refractivity contribution in [1.82, 2.24) is 19.5 Å². The molecule has 124 valence electrons. The number of aliphatic hydroxyl groups excluding tert-OH is 1. The number of aryl methyl sites for hydroxylation is 1. The quantitative estimate of drug-likeness (QED) is 0.753. The average molecular weight is 327 g/mol. The predicted octanol–water partition coefficient (Wildman–Crippen LogP) is 2.64. The van der Waals surface area contributed by atoms with Crippen LogP contribution in [0.3, 0.4) is 0 Å². The van der Waals surface area contributed by atoms with Gasteiger partial charge < -0.3 is 10.4 Å². The maximum absolute atomic E-state index is 13.0. The van der Waals surface area contributed by atoms with Crippen LogP contribution in [0.15, 0.2) is 49.1 Å². The summed E-state index contributed by atoms with van der Waals surface area (Å²) in [4.78, 5) is 12.8. The van der Waals surface area contributed by atoms with Gasteiger partial charge in [-0.1, -0.05) is 12.1 Å². The third-order valence-electron chi connectivity index (χ3n) is 3.76. The average Bonchev–Trinajstić information content (AvgIpc) is 3.01. The van der Waals surface area contributed by atoms with Gasteiger partial charge >= 0.3 is 0 Å². The van der Waals surface area contributed by atoms with Crippen LogP contribution in [0.25, 0.3) is 5.82 Å². The number of nitrogens with one attached hydrogen (secondary N) is 1. The second-order valence-electron chi connectivity index (χ2n) is 5.54. The first-order chi connectivity index (χ1) is 11.5. The molecule has 0 fully saturated rings. The molecule has 2 N–H and O–H groups in total. The Hall–Kier alpha value is -2.80. The highest BCUT2D eigenvalue weighted by Gasteiger charge is 2.17. The monoisotopic (exact) mass is 327 g/mol. The first-order valence-corrected chi connectivity index (χ1v) is 7.57. The van der Waals surface area contributed by atoms with Crippen molar-refractivity contribution in [3.05, 3.63) is 66.3 Å². The number of imidazole rings is 1. The van der Waals surface area contributed by atoms with Gasteiger partial charge in [-0.05, 0) is 31.5 Å². The Balaban J connectivity index is 1.76. The van der Waals surface area contributed by atoms with E-state index in [4.69, 9.17) is 0 Å². The molecule has 0 aliphatic rings. The molecule has 3 aromatic rings. The third kappa shape index (κ3) is 3.41. The first-order valence-electron chi connectivity index (χ1n) is 7.57. The molecule has 0 amide bonds. The lowest BCUT2D eigenvalue weighted by Gasteiger charge is -2.21. The SMILES string of the molecule is Cc1nccn1-c1cncc(N[C@@H](C)[C@H](O)c2ccc(F)cc2)n1. The summed E-state index contributed by atoms with van der Waals surface area (Å²) in [6, 6.07) is 5.45. The Labute approximate surface area is 139 Å². The van der Waals surface area contributed by atoms with Gasteiger partial charge in [-0.2, -0.15) is 0 Å². The molecular weight excluding hydrogens is 309 g/mol. The van der Waals surface area contributed by atoms with Crippen molar-refractivity contribution >= 4 is 5.82 Å². The van der Waals surface area contributed by atoms with Gasteiger partial charge in [0, 0.05) is 12.4 Å². The molecule has 6 nitrogen and oxygen atoms in total. The molecule has 0 spiro atoms. The number of hydrogen-bond acceptors (Lipinski definition) is 5. The number of halogens is 1. The van der Waals surface area contributed by atoms with Crippen molar-refractivity contribution in [3.8, 4) is 5.82 Å². The van der Waals surface area contributed by atoms with E-state index in [1.54, 1.807) is 36.9 Å². The van der Waals surface area contributed by atoms with Crippen molar-refractivity contribution in [2.75, 3.05) is 5.32 Å². The number of aliphatic hydroxyl groups is 1. The van der Waals surface area contributed by atoms with Crippen LogP contribution < -0.4 is 5.32 Å². The molecule has 0 saturated heterocycles. The zero-order valence-electron chi connectivity index (χ0n) is 13.4. The lowest BCUT2D eigenvalue weighted by molar-refractivity contribution is 0.160. The highest BCUT2D eigenvalue weighted by atomic mass is 19.1. The van der Waals surface area contributed by atoms with E-state index in [9.17, 15) is 9.50 Å². The Kier molecular flexibility index (Phi) is 4.52. The lowest BCUT2D eigenvalue weighted by atomic mass is 10.0. The van der Waals surface area contributed by atoms with Crippen LogP contribution in [0.4, 0.5) is 10.2 Å². The topological polar surface area (TPSA) is 75.9 Å². The molecule has 0 aliphatic heterocycles. The van der Waals surface area contributed by atoms with Crippen LogP contribution in [0, 0.1) is 12.7 Å². The van der Waals surface area contributed by atoms with Crippen molar-refractivity contribution in [1.29, 1.82) is 0 Å². The van der Waals surface area contributed by atoms with Crippen molar-refractivity contribution in [2.24, 2.45) is 0 Å². The summed E-state index contributed by atoms with van der Waals surface area (Å²) in [5.41, 5.74) is 0.631. The summed E-state index contributed by atoms with van der Waals surface area (Å²) in [6.07, 6.45) is 5.92. The fraction of sp³-hybridized carbons (Fsp3) is 0.235. The van der Waals surface area contributed by atoms with E-state index in [1.165, 1.54) is 12.1 Å². The zero-order chi connectivity index (χ0) is 17.1. The highest BCUT2D eigenvalue weighted by molar-refractivity contribution is 5.38. The zero-order valence-corrected chi connectivity index (χ0v) is 13.4. The van der Waals surface area contributed by atoms with E-state index < -0.39 is 6.10 Å². The minimum atomic E-state index is -0.800. The Bertz CT molecular complexity index is 818. The molecule has 24 heavy (non-hydrogen) atoms. The molecule has 0 radical (unpaired) electrons. The van der Waals surface area contributed by atoms with Crippen LogP contribution in [-0.2, 0) is 0 Å². The van der Waals surface area contributed by atoms with E-state index in [2.05, 4.69) is 20.3 Å². The fourth-order valence-corrected chi connectivity index (χ4v) is 2.42. The van der Waals surface area contributed by atoms with E-state index in [0.717, 1.165) is 5.82 Å². The Morgan fingerprint density at radius 2 is 1.96 bits per heavy atom. The molecule has 7 heteroatoms. The number of aromatic nitrogens is 4. The standard InChI is InChI=1S/C17H18FN5O/c1-11(17(24)13-3-5-14(18)6-4-13)21-15-9-19-10-16(22-15)23-8-7-20-12(23)2/h3-11,17,24H,1-2H3,(H,21,22)/t11-,17-/m0/s1. The number of nitrogens with zero attached hydrogens (tertiary/aromatic N) is 4. The molecule has 2 aromatic heterocycles. The second kappa shape index (κ2) is 6.76. The normalized spacial score (nSPS) is 13.5. The summed E-state index contributed by atoms with van der Waals surface area (Å²) in [6.45, 7) is 3.70.